The maximum Gasteiger partial charge on any atom is 0.123 e. The summed E-state index contributed by atoms with van der Waals surface area (Å²) >= 11 is 0. The molecule has 2 rings (SSSR count). The molecule has 17 heavy (non-hydrogen) atoms. The van der Waals surface area contributed by atoms with E-state index in [0.29, 0.717) is 16.8 Å². The number of hydrogen-bond donors (Lipinski definition) is 0. The Labute approximate surface area is 98.7 Å². The summed E-state index contributed by atoms with van der Waals surface area (Å²) in [5.41, 5.74) is 1.64. The van der Waals surface area contributed by atoms with Crippen LogP contribution in [0.2, 0.25) is 0 Å². The summed E-state index contributed by atoms with van der Waals surface area (Å²) < 4.78 is 13.0. The Balaban J connectivity index is 2.41. The molecule has 2 aromatic rings. The molecule has 0 bridgehead atoms. The number of allylic oxidation sites excluding steroid dienone is 1. The molecule has 0 saturated carbocycles. The van der Waals surface area contributed by atoms with Crippen LogP contribution in [0.1, 0.15) is 11.3 Å². The lowest BCUT2D eigenvalue weighted by Crippen LogP contribution is -1.86. The highest BCUT2D eigenvalue weighted by molar-refractivity contribution is 5.88. The Morgan fingerprint density at radius 3 is 2.76 bits per heavy atom. The van der Waals surface area contributed by atoms with E-state index >= 15 is 0 Å². The third-order valence-corrected chi connectivity index (χ3v) is 2.22. The average Bonchev–Trinajstić information content (AvgIpc) is 2.37. The molecular formula is C14H9FN2. The Bertz CT molecular complexity index is 583. The standard InChI is InChI=1S/C14H9FN2/c15-13-5-3-4-11(9-13)8-12(10-16)14-6-1-2-7-17-14/h1-9H. The zero-order valence-electron chi connectivity index (χ0n) is 8.97. The molecule has 0 fully saturated rings. The van der Waals surface area contributed by atoms with Gasteiger partial charge in [-0.2, -0.15) is 5.26 Å². The lowest BCUT2D eigenvalue weighted by Gasteiger charge is -1.98. The van der Waals surface area contributed by atoms with E-state index in [-0.39, 0.29) is 5.82 Å². The molecule has 0 saturated heterocycles. The molecule has 1 aromatic heterocycles. The van der Waals surface area contributed by atoms with Crippen molar-refractivity contribution in [2.45, 2.75) is 0 Å². The van der Waals surface area contributed by atoms with Crippen molar-refractivity contribution in [2.75, 3.05) is 0 Å². The minimum atomic E-state index is -0.322. The minimum absolute atomic E-state index is 0.322. The summed E-state index contributed by atoms with van der Waals surface area (Å²) in [5.74, 6) is -0.322. The van der Waals surface area contributed by atoms with Gasteiger partial charge in [0.15, 0.2) is 0 Å². The molecule has 0 aliphatic rings. The molecule has 0 N–H and O–H groups in total. The second kappa shape index (κ2) is 5.04. The summed E-state index contributed by atoms with van der Waals surface area (Å²) in [5, 5.41) is 9.06. The van der Waals surface area contributed by atoms with Crippen molar-refractivity contribution in [1.82, 2.24) is 4.98 Å². The summed E-state index contributed by atoms with van der Waals surface area (Å²) in [6, 6.07) is 13.5. The number of hydrogen-bond acceptors (Lipinski definition) is 2. The molecular weight excluding hydrogens is 215 g/mol. The molecule has 0 unspecified atom stereocenters. The van der Waals surface area contributed by atoms with Gasteiger partial charge in [-0.25, -0.2) is 4.39 Å². The predicted molar refractivity (Wildman–Crippen MR) is 64.1 cm³/mol. The maximum absolute atomic E-state index is 13.0. The van der Waals surface area contributed by atoms with Gasteiger partial charge in [0.1, 0.15) is 11.9 Å². The lowest BCUT2D eigenvalue weighted by atomic mass is 10.1. The third kappa shape index (κ3) is 2.76. The van der Waals surface area contributed by atoms with Gasteiger partial charge < -0.3 is 0 Å². The van der Waals surface area contributed by atoms with Crippen LogP contribution in [0.3, 0.4) is 0 Å². The summed E-state index contributed by atoms with van der Waals surface area (Å²) in [6.07, 6.45) is 3.23. The SMILES string of the molecule is N#CC(=Cc1cccc(F)c1)c1ccccn1. The fourth-order valence-corrected chi connectivity index (χ4v) is 1.45. The molecule has 1 aromatic carbocycles. The first-order valence-electron chi connectivity index (χ1n) is 5.08. The number of benzene rings is 1. The fraction of sp³-hybridized carbons (Fsp3) is 0. The number of aromatic nitrogens is 1. The number of pyridine rings is 1. The van der Waals surface area contributed by atoms with Crippen molar-refractivity contribution in [2.24, 2.45) is 0 Å². The molecule has 2 nitrogen and oxygen atoms in total. The Morgan fingerprint density at radius 1 is 1.24 bits per heavy atom. The number of halogens is 1. The normalized spacial score (nSPS) is 10.9. The van der Waals surface area contributed by atoms with Crippen LogP contribution in [0.15, 0.2) is 48.7 Å². The van der Waals surface area contributed by atoms with Crippen molar-refractivity contribution >= 4 is 11.6 Å². The summed E-state index contributed by atoms with van der Waals surface area (Å²) in [6.45, 7) is 0. The van der Waals surface area contributed by atoms with Crippen molar-refractivity contribution in [3.63, 3.8) is 0 Å². The smallest absolute Gasteiger partial charge is 0.123 e. The zero-order chi connectivity index (χ0) is 12.1. The van der Waals surface area contributed by atoms with E-state index in [1.165, 1.54) is 12.1 Å². The van der Waals surface area contributed by atoms with E-state index in [9.17, 15) is 4.39 Å². The molecule has 1 heterocycles. The number of nitrogens with zero attached hydrogens (tertiary/aromatic N) is 2. The van der Waals surface area contributed by atoms with E-state index in [0.717, 1.165) is 0 Å². The summed E-state index contributed by atoms with van der Waals surface area (Å²) in [4.78, 5) is 4.08. The van der Waals surface area contributed by atoms with Gasteiger partial charge >= 0.3 is 0 Å². The number of nitriles is 1. The first kappa shape index (κ1) is 11.0. The van der Waals surface area contributed by atoms with Gasteiger partial charge in [-0.15, -0.1) is 0 Å². The Kier molecular flexibility index (Phi) is 3.27. The van der Waals surface area contributed by atoms with Gasteiger partial charge in [0.05, 0.1) is 11.3 Å². The Morgan fingerprint density at radius 2 is 2.12 bits per heavy atom. The second-order valence-corrected chi connectivity index (χ2v) is 3.44. The van der Waals surface area contributed by atoms with Gasteiger partial charge in [0.25, 0.3) is 0 Å². The van der Waals surface area contributed by atoms with Crippen LogP contribution >= 0.6 is 0 Å². The van der Waals surface area contributed by atoms with Gasteiger partial charge in [-0.05, 0) is 35.9 Å². The molecule has 0 amide bonds. The molecule has 0 spiro atoms. The van der Waals surface area contributed by atoms with E-state index in [4.69, 9.17) is 5.26 Å². The van der Waals surface area contributed by atoms with Crippen LogP contribution in [0.4, 0.5) is 4.39 Å². The van der Waals surface area contributed by atoms with Crippen molar-refractivity contribution < 1.29 is 4.39 Å². The first-order chi connectivity index (χ1) is 8.29. The highest BCUT2D eigenvalue weighted by Crippen LogP contribution is 2.15. The minimum Gasteiger partial charge on any atom is -0.256 e. The molecule has 3 heteroatoms. The van der Waals surface area contributed by atoms with Crippen LogP contribution in [0, 0.1) is 17.1 Å². The van der Waals surface area contributed by atoms with Crippen LogP contribution in [-0.2, 0) is 0 Å². The number of rotatable bonds is 2. The zero-order valence-corrected chi connectivity index (χ0v) is 8.97. The maximum atomic E-state index is 13.0. The van der Waals surface area contributed by atoms with Crippen molar-refractivity contribution in [1.29, 1.82) is 5.26 Å². The van der Waals surface area contributed by atoms with Crippen LogP contribution in [0.5, 0.6) is 0 Å². The van der Waals surface area contributed by atoms with Crippen molar-refractivity contribution in [3.8, 4) is 6.07 Å². The lowest BCUT2D eigenvalue weighted by molar-refractivity contribution is 0.627. The van der Waals surface area contributed by atoms with Gasteiger partial charge in [-0.3, -0.25) is 4.98 Å². The molecule has 0 aliphatic carbocycles. The van der Waals surface area contributed by atoms with Crippen LogP contribution in [0.25, 0.3) is 11.6 Å². The predicted octanol–water partition coefficient (Wildman–Crippen LogP) is 3.28. The second-order valence-electron chi connectivity index (χ2n) is 3.44. The first-order valence-corrected chi connectivity index (χ1v) is 5.08. The quantitative estimate of drug-likeness (QED) is 0.734. The average molecular weight is 224 g/mol. The van der Waals surface area contributed by atoms with Crippen molar-refractivity contribution in [3.05, 3.63) is 65.7 Å². The van der Waals surface area contributed by atoms with E-state index < -0.39 is 0 Å². The molecule has 82 valence electrons. The third-order valence-electron chi connectivity index (χ3n) is 2.22. The molecule has 0 atom stereocenters. The summed E-state index contributed by atoms with van der Waals surface area (Å²) in [7, 11) is 0. The van der Waals surface area contributed by atoms with E-state index in [1.54, 1.807) is 42.6 Å². The molecule has 0 aliphatic heterocycles. The highest BCUT2D eigenvalue weighted by atomic mass is 19.1. The Hall–Kier alpha value is -2.47. The van der Waals surface area contributed by atoms with Crippen LogP contribution in [-0.4, -0.2) is 4.98 Å². The topological polar surface area (TPSA) is 36.7 Å². The largest absolute Gasteiger partial charge is 0.256 e. The monoisotopic (exact) mass is 224 g/mol. The van der Waals surface area contributed by atoms with Crippen LogP contribution < -0.4 is 0 Å². The van der Waals surface area contributed by atoms with Gasteiger partial charge in [0, 0.05) is 6.20 Å². The molecule has 0 radical (unpaired) electrons. The highest BCUT2D eigenvalue weighted by Gasteiger charge is 2.01. The van der Waals surface area contributed by atoms with Gasteiger partial charge in [0.2, 0.25) is 0 Å². The van der Waals surface area contributed by atoms with Gasteiger partial charge in [-0.1, -0.05) is 18.2 Å². The van der Waals surface area contributed by atoms with E-state index in [2.05, 4.69) is 11.1 Å². The van der Waals surface area contributed by atoms with E-state index in [1.807, 2.05) is 0 Å². The fourth-order valence-electron chi connectivity index (χ4n) is 1.45.